The molecule has 0 unspecified atom stereocenters. The lowest BCUT2D eigenvalue weighted by Crippen LogP contribution is -2.37. The van der Waals surface area contributed by atoms with Gasteiger partial charge in [0.1, 0.15) is 11.4 Å². The maximum Gasteiger partial charge on any atom is 0.269 e. The minimum absolute atomic E-state index is 0.152. The second-order valence-corrected chi connectivity index (χ2v) is 9.33. The number of aromatic hydroxyl groups is 1. The summed E-state index contributed by atoms with van der Waals surface area (Å²) in [6, 6.07) is 12.3. The predicted molar refractivity (Wildman–Crippen MR) is 143 cm³/mol. The number of phenols is 1. The van der Waals surface area contributed by atoms with Crippen LogP contribution in [0.1, 0.15) is 28.9 Å². The Kier molecular flexibility index (Phi) is 6.92. The van der Waals surface area contributed by atoms with E-state index in [0.29, 0.717) is 28.9 Å². The number of rotatable bonds is 6. The van der Waals surface area contributed by atoms with Crippen LogP contribution in [0, 0.1) is 6.92 Å². The molecular formula is C26H28ClN7O2. The number of pyridine rings is 1. The van der Waals surface area contributed by atoms with E-state index in [0.717, 1.165) is 47.7 Å². The van der Waals surface area contributed by atoms with E-state index < -0.39 is 0 Å². The van der Waals surface area contributed by atoms with Crippen LogP contribution in [0.5, 0.6) is 5.75 Å². The van der Waals surface area contributed by atoms with Gasteiger partial charge in [0.2, 0.25) is 5.96 Å². The van der Waals surface area contributed by atoms with Crippen molar-refractivity contribution in [1.29, 1.82) is 0 Å². The van der Waals surface area contributed by atoms with Crippen LogP contribution >= 0.6 is 11.6 Å². The lowest BCUT2D eigenvalue weighted by atomic mass is 10.0. The largest absolute Gasteiger partial charge is 0.508 e. The number of nitrogens with one attached hydrogen (secondary N) is 4. The van der Waals surface area contributed by atoms with Crippen molar-refractivity contribution in [3.8, 4) is 16.9 Å². The van der Waals surface area contributed by atoms with Crippen molar-refractivity contribution in [2.24, 2.45) is 4.99 Å². The van der Waals surface area contributed by atoms with Crippen LogP contribution in [0.3, 0.4) is 0 Å². The summed E-state index contributed by atoms with van der Waals surface area (Å²) in [5.41, 5.74) is 11.4. The molecule has 0 bridgehead atoms. The number of nitrogens with zero attached hydrogens (tertiary/aromatic N) is 3. The Balaban J connectivity index is 1.24. The Morgan fingerprint density at radius 3 is 2.75 bits per heavy atom. The predicted octanol–water partition coefficient (Wildman–Crippen LogP) is 4.27. The van der Waals surface area contributed by atoms with Gasteiger partial charge in [-0.2, -0.15) is 0 Å². The number of aromatic nitrogens is 1. The van der Waals surface area contributed by atoms with Crippen molar-refractivity contribution in [3.05, 3.63) is 64.9 Å². The second kappa shape index (κ2) is 10.4. The summed E-state index contributed by atoms with van der Waals surface area (Å²) in [5, 5.41) is 16.5. The number of carbonyl (C=O) groups excluding carboxylic acids is 1. The quantitative estimate of drug-likeness (QED) is 0.340. The zero-order valence-corrected chi connectivity index (χ0v) is 20.7. The van der Waals surface area contributed by atoms with Crippen molar-refractivity contribution < 1.29 is 9.90 Å². The maximum atomic E-state index is 12.4. The zero-order valence-electron chi connectivity index (χ0n) is 19.9. The minimum atomic E-state index is -0.178. The monoisotopic (exact) mass is 505 g/mol. The van der Waals surface area contributed by atoms with Gasteiger partial charge in [-0.05, 0) is 86.4 Å². The second-order valence-electron chi connectivity index (χ2n) is 8.93. The highest BCUT2D eigenvalue weighted by molar-refractivity contribution is 6.33. The number of anilines is 2. The van der Waals surface area contributed by atoms with Crippen molar-refractivity contribution in [1.82, 2.24) is 20.6 Å². The summed E-state index contributed by atoms with van der Waals surface area (Å²) in [7, 11) is 0. The third-order valence-electron chi connectivity index (χ3n) is 6.27. The molecule has 5 N–H and O–H groups in total. The number of fused-ring (bicyclic) bond motifs is 1. The average molecular weight is 506 g/mol. The molecule has 0 aliphatic carbocycles. The SMILES string of the molecule is Cc1cc(-c2cc(O)ccc2Cl)cc2c1N=C(Nc1ccc(C(=O)NCCN3CCCC3)nc1)NN2. The Morgan fingerprint density at radius 2 is 1.97 bits per heavy atom. The average Bonchev–Trinajstić information content (AvgIpc) is 3.40. The molecule has 2 aliphatic heterocycles. The zero-order chi connectivity index (χ0) is 25.1. The van der Waals surface area contributed by atoms with E-state index in [9.17, 15) is 9.90 Å². The van der Waals surface area contributed by atoms with Crippen LogP contribution in [0.2, 0.25) is 5.02 Å². The van der Waals surface area contributed by atoms with Gasteiger partial charge in [0.15, 0.2) is 0 Å². The van der Waals surface area contributed by atoms with Gasteiger partial charge in [-0.1, -0.05) is 11.6 Å². The fourth-order valence-corrected chi connectivity index (χ4v) is 4.63. The molecule has 9 nitrogen and oxygen atoms in total. The molecule has 2 aliphatic rings. The molecule has 0 saturated carbocycles. The van der Waals surface area contributed by atoms with Crippen LogP contribution in [-0.4, -0.2) is 53.0 Å². The third-order valence-corrected chi connectivity index (χ3v) is 6.60. The molecule has 10 heteroatoms. The molecule has 3 heterocycles. The van der Waals surface area contributed by atoms with Crippen LogP contribution in [0.4, 0.5) is 17.1 Å². The Hall–Kier alpha value is -3.82. The van der Waals surface area contributed by atoms with Crippen molar-refractivity contribution in [2.45, 2.75) is 19.8 Å². The highest BCUT2D eigenvalue weighted by atomic mass is 35.5. The van der Waals surface area contributed by atoms with Crippen LogP contribution in [0.15, 0.2) is 53.7 Å². The first-order valence-electron chi connectivity index (χ1n) is 11.9. The Bertz CT molecular complexity index is 1300. The van der Waals surface area contributed by atoms with Crippen molar-refractivity contribution >= 4 is 40.5 Å². The van der Waals surface area contributed by atoms with Crippen LogP contribution in [-0.2, 0) is 0 Å². The number of carbonyl (C=O) groups is 1. The molecule has 1 amide bonds. The van der Waals surface area contributed by atoms with E-state index in [1.165, 1.54) is 12.8 Å². The van der Waals surface area contributed by atoms with Gasteiger partial charge in [-0.15, -0.1) is 0 Å². The number of aliphatic imine (C=N–C) groups is 1. The molecular weight excluding hydrogens is 478 g/mol. The highest BCUT2D eigenvalue weighted by Crippen LogP contribution is 2.39. The molecule has 1 fully saturated rings. The molecule has 3 aromatic rings. The fraction of sp³-hybridized carbons (Fsp3) is 0.269. The summed E-state index contributed by atoms with van der Waals surface area (Å²) < 4.78 is 0. The van der Waals surface area contributed by atoms with Gasteiger partial charge < -0.3 is 20.6 Å². The van der Waals surface area contributed by atoms with Gasteiger partial charge >= 0.3 is 0 Å². The molecule has 1 aromatic heterocycles. The first kappa shape index (κ1) is 23.9. The number of guanidine groups is 1. The number of benzene rings is 2. The summed E-state index contributed by atoms with van der Waals surface area (Å²) in [6.07, 6.45) is 4.08. The van der Waals surface area contributed by atoms with E-state index in [1.54, 1.807) is 36.5 Å². The summed E-state index contributed by atoms with van der Waals surface area (Å²) in [5.74, 6) is 0.473. The highest BCUT2D eigenvalue weighted by Gasteiger charge is 2.17. The summed E-state index contributed by atoms with van der Waals surface area (Å²) >= 11 is 6.34. The smallest absolute Gasteiger partial charge is 0.269 e. The van der Waals surface area contributed by atoms with Gasteiger partial charge in [-0.25, -0.2) is 9.98 Å². The molecule has 186 valence electrons. The molecule has 36 heavy (non-hydrogen) atoms. The molecule has 5 rings (SSSR count). The Morgan fingerprint density at radius 1 is 1.14 bits per heavy atom. The minimum Gasteiger partial charge on any atom is -0.508 e. The van der Waals surface area contributed by atoms with E-state index in [-0.39, 0.29) is 11.7 Å². The van der Waals surface area contributed by atoms with Gasteiger partial charge in [0.05, 0.1) is 23.3 Å². The van der Waals surface area contributed by atoms with Crippen molar-refractivity contribution in [3.63, 3.8) is 0 Å². The van der Waals surface area contributed by atoms with Gasteiger partial charge in [0, 0.05) is 23.7 Å². The molecule has 1 saturated heterocycles. The first-order valence-corrected chi connectivity index (χ1v) is 12.3. The Labute approximate surface area is 214 Å². The third kappa shape index (κ3) is 5.37. The number of aryl methyl sites for hydroxylation is 1. The number of hydrogen-bond acceptors (Lipinski definition) is 8. The van der Waals surface area contributed by atoms with E-state index >= 15 is 0 Å². The summed E-state index contributed by atoms with van der Waals surface area (Å²) in [6.45, 7) is 5.67. The number of amides is 1. The molecule has 0 spiro atoms. The van der Waals surface area contributed by atoms with Crippen molar-refractivity contribution in [2.75, 3.05) is 36.9 Å². The fourth-order valence-electron chi connectivity index (χ4n) is 4.40. The standard InChI is InChI=1S/C26H28ClN7O2/c1-16-12-17(20-14-19(35)5-6-21(20)27)13-23-24(16)31-26(33-32-23)30-18-4-7-22(29-15-18)25(36)28-8-11-34-9-2-3-10-34/h4-7,12-15,32,35H,2-3,8-11H2,1H3,(H,28,36)(H2,30,31,33). The molecule has 2 aromatic carbocycles. The van der Waals surface area contributed by atoms with E-state index in [2.05, 4.69) is 36.4 Å². The first-order chi connectivity index (χ1) is 17.5. The van der Waals surface area contributed by atoms with Gasteiger partial charge in [-0.3, -0.25) is 15.6 Å². The number of likely N-dealkylation sites (tertiary alicyclic amines) is 1. The maximum absolute atomic E-state index is 12.4. The summed E-state index contributed by atoms with van der Waals surface area (Å²) in [4.78, 5) is 23.7. The van der Waals surface area contributed by atoms with Gasteiger partial charge in [0.25, 0.3) is 5.91 Å². The topological polar surface area (TPSA) is 114 Å². The van der Waals surface area contributed by atoms with E-state index in [4.69, 9.17) is 11.6 Å². The number of hydrazine groups is 1. The normalized spacial score (nSPS) is 14.9. The number of hydrogen-bond donors (Lipinski definition) is 5. The number of phenolic OH excluding ortho intramolecular Hbond substituents is 1. The lowest BCUT2D eigenvalue weighted by Gasteiger charge is -2.22. The molecule has 0 atom stereocenters. The lowest BCUT2D eigenvalue weighted by molar-refractivity contribution is 0.0945. The van der Waals surface area contributed by atoms with Crippen LogP contribution < -0.4 is 21.5 Å². The van der Waals surface area contributed by atoms with Crippen LogP contribution in [0.25, 0.3) is 11.1 Å². The molecule has 0 radical (unpaired) electrons. The van der Waals surface area contributed by atoms with E-state index in [1.807, 2.05) is 19.1 Å². The number of halogens is 1.